The Labute approximate surface area is 192 Å². The van der Waals surface area contributed by atoms with E-state index in [1.54, 1.807) is 15.6 Å². The lowest BCUT2D eigenvalue weighted by Crippen LogP contribution is -2.39. The van der Waals surface area contributed by atoms with E-state index >= 15 is 0 Å². The number of benzene rings is 2. The Morgan fingerprint density at radius 3 is 2.59 bits per heavy atom. The summed E-state index contributed by atoms with van der Waals surface area (Å²) in [5, 5.41) is 5.21. The zero-order valence-corrected chi connectivity index (χ0v) is 18.6. The van der Waals surface area contributed by atoms with E-state index < -0.39 is 24.1 Å². The summed E-state index contributed by atoms with van der Waals surface area (Å²) < 4.78 is 43.5. The zero-order chi connectivity index (χ0) is 23.2. The smallest absolute Gasteiger partial charge is 0.406 e. The topological polar surface area (TPSA) is 47.4 Å². The standard InChI is InChI=1S/C22H18Cl2F3N3O2/c1-12-19-18(20(29(2)28-19)13-4-3-5-15(23)8-13)6-7-30(12)21(31)14-9-16(24)11-17(10-14)32-22(25,26)27/h3-5,8-12H,6-7H2,1-2H3. The highest BCUT2D eigenvalue weighted by Crippen LogP contribution is 2.37. The van der Waals surface area contributed by atoms with Crippen molar-refractivity contribution in [3.05, 3.63) is 69.3 Å². The average molecular weight is 484 g/mol. The molecule has 0 radical (unpaired) electrons. The molecule has 1 atom stereocenters. The molecule has 168 valence electrons. The SMILES string of the molecule is CC1c2nn(C)c(-c3cccc(Cl)c3)c2CCN1C(=O)c1cc(Cl)cc(OC(F)(F)F)c1. The number of nitrogens with zero attached hydrogens (tertiary/aromatic N) is 3. The van der Waals surface area contributed by atoms with E-state index in [1.165, 1.54) is 6.07 Å². The lowest BCUT2D eigenvalue weighted by Gasteiger charge is -2.33. The molecule has 4 rings (SSSR count). The Morgan fingerprint density at radius 2 is 1.91 bits per heavy atom. The Balaban J connectivity index is 1.66. The number of hydrogen-bond acceptors (Lipinski definition) is 3. The highest BCUT2D eigenvalue weighted by molar-refractivity contribution is 6.31. The zero-order valence-electron chi connectivity index (χ0n) is 17.1. The molecule has 10 heteroatoms. The second-order valence-electron chi connectivity index (χ2n) is 7.49. The van der Waals surface area contributed by atoms with Crippen LogP contribution in [0.4, 0.5) is 13.2 Å². The van der Waals surface area contributed by atoms with Gasteiger partial charge in [0.2, 0.25) is 0 Å². The van der Waals surface area contributed by atoms with Crippen LogP contribution in [0, 0.1) is 0 Å². The molecule has 0 N–H and O–H groups in total. The number of halogens is 5. The fourth-order valence-electron chi connectivity index (χ4n) is 4.06. The molecular formula is C22H18Cl2F3N3O2. The summed E-state index contributed by atoms with van der Waals surface area (Å²) in [6, 6.07) is 10.4. The molecule has 32 heavy (non-hydrogen) atoms. The summed E-state index contributed by atoms with van der Waals surface area (Å²) in [5.74, 6) is -0.993. The number of amides is 1. The molecule has 0 spiro atoms. The van der Waals surface area contributed by atoms with Crippen molar-refractivity contribution in [1.82, 2.24) is 14.7 Å². The molecule has 1 aromatic heterocycles. The number of hydrogen-bond donors (Lipinski definition) is 0. The van der Waals surface area contributed by atoms with E-state index in [0.717, 1.165) is 34.6 Å². The van der Waals surface area contributed by atoms with Crippen LogP contribution in [0.15, 0.2) is 42.5 Å². The quantitative estimate of drug-likeness (QED) is 0.455. The van der Waals surface area contributed by atoms with E-state index in [4.69, 9.17) is 23.2 Å². The minimum Gasteiger partial charge on any atom is -0.406 e. The number of carbonyl (C=O) groups is 1. The Morgan fingerprint density at radius 1 is 1.16 bits per heavy atom. The molecule has 1 aliphatic rings. The van der Waals surface area contributed by atoms with Crippen molar-refractivity contribution in [2.75, 3.05) is 6.54 Å². The largest absolute Gasteiger partial charge is 0.573 e. The maximum atomic E-state index is 13.2. The van der Waals surface area contributed by atoms with Crippen molar-refractivity contribution in [2.24, 2.45) is 7.05 Å². The van der Waals surface area contributed by atoms with Crippen LogP contribution in [-0.2, 0) is 13.5 Å². The maximum Gasteiger partial charge on any atom is 0.573 e. The molecular weight excluding hydrogens is 466 g/mol. The molecule has 0 saturated heterocycles. The number of fused-ring (bicyclic) bond motifs is 1. The third kappa shape index (κ3) is 4.42. The molecule has 0 fully saturated rings. The van der Waals surface area contributed by atoms with E-state index in [0.29, 0.717) is 18.0 Å². The molecule has 1 aliphatic heterocycles. The van der Waals surface area contributed by atoms with Gasteiger partial charge in [0.15, 0.2) is 0 Å². The summed E-state index contributed by atoms with van der Waals surface area (Å²) >= 11 is 12.1. The van der Waals surface area contributed by atoms with Gasteiger partial charge in [-0.25, -0.2) is 0 Å². The first-order valence-electron chi connectivity index (χ1n) is 9.72. The van der Waals surface area contributed by atoms with Crippen LogP contribution in [0.3, 0.4) is 0 Å². The first-order chi connectivity index (χ1) is 15.0. The van der Waals surface area contributed by atoms with Gasteiger partial charge in [-0.15, -0.1) is 13.2 Å². The van der Waals surface area contributed by atoms with Gasteiger partial charge in [-0.1, -0.05) is 35.3 Å². The molecule has 5 nitrogen and oxygen atoms in total. The molecule has 0 bridgehead atoms. The van der Waals surface area contributed by atoms with E-state index in [-0.39, 0.29) is 10.6 Å². The van der Waals surface area contributed by atoms with Gasteiger partial charge < -0.3 is 9.64 Å². The maximum absolute atomic E-state index is 13.2. The van der Waals surface area contributed by atoms with Crippen LogP contribution in [0.2, 0.25) is 10.0 Å². The van der Waals surface area contributed by atoms with E-state index in [1.807, 2.05) is 32.2 Å². The monoisotopic (exact) mass is 483 g/mol. The van der Waals surface area contributed by atoms with Crippen molar-refractivity contribution in [3.63, 3.8) is 0 Å². The Bertz CT molecular complexity index is 1190. The van der Waals surface area contributed by atoms with Crippen molar-refractivity contribution >= 4 is 29.1 Å². The molecule has 3 aromatic rings. The van der Waals surface area contributed by atoms with Gasteiger partial charge in [0.05, 0.1) is 17.4 Å². The third-order valence-electron chi connectivity index (χ3n) is 5.35. The van der Waals surface area contributed by atoms with Crippen LogP contribution in [0.1, 0.15) is 34.6 Å². The van der Waals surface area contributed by atoms with Gasteiger partial charge in [0.25, 0.3) is 5.91 Å². The minimum absolute atomic E-state index is 0.0121. The fraction of sp³-hybridized carbons (Fsp3) is 0.273. The van der Waals surface area contributed by atoms with Crippen LogP contribution >= 0.6 is 23.2 Å². The second kappa shape index (κ2) is 8.33. The van der Waals surface area contributed by atoms with Crippen LogP contribution in [0.25, 0.3) is 11.3 Å². The summed E-state index contributed by atoms with van der Waals surface area (Å²) in [6.07, 6.45) is -4.35. The Hall–Kier alpha value is -2.71. The third-order valence-corrected chi connectivity index (χ3v) is 5.81. The van der Waals surface area contributed by atoms with Gasteiger partial charge in [-0.3, -0.25) is 9.48 Å². The van der Waals surface area contributed by atoms with Gasteiger partial charge in [-0.05, 0) is 43.7 Å². The van der Waals surface area contributed by atoms with Crippen molar-refractivity contribution < 1.29 is 22.7 Å². The second-order valence-corrected chi connectivity index (χ2v) is 8.37. The van der Waals surface area contributed by atoms with Crippen molar-refractivity contribution in [3.8, 4) is 17.0 Å². The number of carbonyl (C=O) groups excluding carboxylic acids is 1. The predicted molar refractivity (Wildman–Crippen MR) is 115 cm³/mol. The fourth-order valence-corrected chi connectivity index (χ4v) is 4.48. The lowest BCUT2D eigenvalue weighted by molar-refractivity contribution is -0.274. The molecule has 2 heterocycles. The van der Waals surface area contributed by atoms with Gasteiger partial charge in [0.1, 0.15) is 5.75 Å². The number of aromatic nitrogens is 2. The van der Waals surface area contributed by atoms with Gasteiger partial charge in [0, 0.05) is 40.3 Å². The lowest BCUT2D eigenvalue weighted by atomic mass is 9.95. The average Bonchev–Trinajstić information content (AvgIpc) is 3.03. The first kappa shape index (κ1) is 22.5. The van der Waals surface area contributed by atoms with Crippen LogP contribution < -0.4 is 4.74 Å². The molecule has 0 saturated carbocycles. The summed E-state index contributed by atoms with van der Waals surface area (Å²) in [6.45, 7) is 2.20. The summed E-state index contributed by atoms with van der Waals surface area (Å²) in [7, 11) is 1.82. The minimum atomic E-state index is -4.89. The number of aryl methyl sites for hydroxylation is 1. The summed E-state index contributed by atoms with van der Waals surface area (Å²) in [4.78, 5) is 14.7. The molecule has 0 aliphatic carbocycles. The predicted octanol–water partition coefficient (Wildman–Crippen LogP) is 6.05. The molecule has 1 amide bonds. The normalized spacial score (nSPS) is 16.1. The highest BCUT2D eigenvalue weighted by atomic mass is 35.5. The van der Waals surface area contributed by atoms with Crippen LogP contribution in [-0.4, -0.2) is 33.5 Å². The molecule has 1 unspecified atom stereocenters. The van der Waals surface area contributed by atoms with Crippen LogP contribution in [0.5, 0.6) is 5.75 Å². The number of ether oxygens (including phenoxy) is 1. The van der Waals surface area contributed by atoms with Gasteiger partial charge >= 0.3 is 6.36 Å². The number of rotatable bonds is 3. The van der Waals surface area contributed by atoms with Crippen molar-refractivity contribution in [2.45, 2.75) is 25.7 Å². The Kier molecular flexibility index (Phi) is 5.85. The van der Waals surface area contributed by atoms with Crippen molar-refractivity contribution in [1.29, 1.82) is 0 Å². The van der Waals surface area contributed by atoms with E-state index in [9.17, 15) is 18.0 Å². The number of alkyl halides is 3. The first-order valence-corrected chi connectivity index (χ1v) is 10.5. The van der Waals surface area contributed by atoms with Gasteiger partial charge in [-0.2, -0.15) is 5.10 Å². The summed E-state index contributed by atoms with van der Waals surface area (Å²) in [5.41, 5.74) is 3.60. The highest BCUT2D eigenvalue weighted by Gasteiger charge is 2.35. The molecule has 2 aromatic carbocycles. The van der Waals surface area contributed by atoms with E-state index in [2.05, 4.69) is 9.84 Å².